The van der Waals surface area contributed by atoms with E-state index >= 15 is 0 Å². The average Bonchev–Trinajstić information content (AvgIpc) is 2.78. The van der Waals surface area contributed by atoms with Gasteiger partial charge in [-0.05, 0) is 37.3 Å². The van der Waals surface area contributed by atoms with Crippen LogP contribution in [-0.4, -0.2) is 60.4 Å². The normalized spacial score (nSPS) is 11.6. The summed E-state index contributed by atoms with van der Waals surface area (Å²) in [6.07, 6.45) is 1.43. The summed E-state index contributed by atoms with van der Waals surface area (Å²) in [6.45, 7) is 6.74. The van der Waals surface area contributed by atoms with Gasteiger partial charge in [0, 0.05) is 31.8 Å². The van der Waals surface area contributed by atoms with E-state index in [2.05, 4.69) is 17.6 Å². The predicted molar refractivity (Wildman–Crippen MR) is 122 cm³/mol. The molecule has 9 heteroatoms. The van der Waals surface area contributed by atoms with E-state index in [-0.39, 0.29) is 43.9 Å². The van der Waals surface area contributed by atoms with Crippen molar-refractivity contribution in [1.29, 1.82) is 0 Å². The molecule has 0 aromatic heterocycles. The number of benzene rings is 1. The summed E-state index contributed by atoms with van der Waals surface area (Å²) in [6, 6.07) is 9.56. The fraction of sp³-hybridized carbons (Fsp3) is 0.591. The third kappa shape index (κ3) is 13.0. The summed E-state index contributed by atoms with van der Waals surface area (Å²) in [5.41, 5.74) is 0.997. The van der Waals surface area contributed by atoms with E-state index in [1.165, 1.54) is 11.9 Å². The highest BCUT2D eigenvalue weighted by Crippen LogP contribution is 2.13. The molecule has 0 radical (unpaired) electrons. The topological polar surface area (TPSA) is 97.0 Å². The van der Waals surface area contributed by atoms with Gasteiger partial charge in [-0.2, -0.15) is 0 Å². The maximum absolute atomic E-state index is 12.2. The summed E-state index contributed by atoms with van der Waals surface area (Å²) in [7, 11) is 0. The highest BCUT2D eigenvalue weighted by molar-refractivity contribution is 7.97. The summed E-state index contributed by atoms with van der Waals surface area (Å²) in [5.74, 6) is 0.313. The van der Waals surface area contributed by atoms with Crippen molar-refractivity contribution in [3.8, 4) is 0 Å². The minimum Gasteiger partial charge on any atom is -0.354 e. The Morgan fingerprint density at radius 1 is 1.00 bits per heavy atom. The van der Waals surface area contributed by atoms with Crippen LogP contribution in [0.5, 0.6) is 0 Å². The molecule has 2 N–H and O–H groups in total. The molecular formula is C22H35N3O5S. The van der Waals surface area contributed by atoms with E-state index in [0.29, 0.717) is 13.1 Å². The second-order valence-electron chi connectivity index (χ2n) is 6.88. The van der Waals surface area contributed by atoms with E-state index < -0.39 is 6.29 Å². The zero-order chi connectivity index (χ0) is 22.9. The molecule has 174 valence electrons. The molecule has 0 aliphatic rings. The molecule has 8 nitrogen and oxygen atoms in total. The first-order valence-corrected chi connectivity index (χ1v) is 11.6. The number of carbonyl (C=O) groups excluding carboxylic acids is 3. The molecule has 0 saturated heterocycles. The third-order valence-corrected chi connectivity index (χ3v) is 5.34. The van der Waals surface area contributed by atoms with Crippen LogP contribution >= 0.6 is 11.9 Å². The molecule has 1 unspecified atom stereocenters. The van der Waals surface area contributed by atoms with Gasteiger partial charge in [0.2, 0.25) is 17.7 Å². The average molecular weight is 454 g/mol. The Labute approximate surface area is 189 Å². The quantitative estimate of drug-likeness (QED) is 0.295. The summed E-state index contributed by atoms with van der Waals surface area (Å²) in [4.78, 5) is 36.0. The maximum atomic E-state index is 12.2. The van der Waals surface area contributed by atoms with Crippen molar-refractivity contribution in [2.45, 2.75) is 52.9 Å². The third-order valence-electron chi connectivity index (χ3n) is 4.05. The van der Waals surface area contributed by atoms with Gasteiger partial charge in [-0.25, -0.2) is 0 Å². The summed E-state index contributed by atoms with van der Waals surface area (Å²) < 4.78 is 12.4. The van der Waals surface area contributed by atoms with Crippen molar-refractivity contribution >= 4 is 29.7 Å². The van der Waals surface area contributed by atoms with Gasteiger partial charge in [-0.3, -0.25) is 18.7 Å². The number of hydrogen-bond acceptors (Lipinski definition) is 6. The SMILES string of the molecule is CCCSN(CCC)C(=O)CCNC(=O)COC(C)OCC(=O)NCc1ccccc1. The highest BCUT2D eigenvalue weighted by Gasteiger charge is 2.14. The molecule has 0 fully saturated rings. The molecule has 1 aromatic carbocycles. The van der Waals surface area contributed by atoms with Gasteiger partial charge < -0.3 is 20.1 Å². The van der Waals surface area contributed by atoms with Crippen LogP contribution in [0.15, 0.2) is 30.3 Å². The second kappa shape index (κ2) is 16.6. The van der Waals surface area contributed by atoms with Crippen molar-refractivity contribution in [2.24, 2.45) is 0 Å². The first-order chi connectivity index (χ1) is 15.0. The lowest BCUT2D eigenvalue weighted by Gasteiger charge is -2.20. The molecule has 0 saturated carbocycles. The smallest absolute Gasteiger partial charge is 0.246 e. The van der Waals surface area contributed by atoms with Crippen LogP contribution < -0.4 is 10.6 Å². The van der Waals surface area contributed by atoms with E-state index in [4.69, 9.17) is 9.47 Å². The Morgan fingerprint density at radius 3 is 2.26 bits per heavy atom. The standard InChI is InChI=1S/C22H35N3O5S/c1-4-13-25(31-14-5-2)22(28)11-12-23-20(26)16-29-18(3)30-17-21(27)24-15-19-9-7-6-8-10-19/h6-10,18H,4-5,11-17H2,1-3H3,(H,23,26)(H,24,27). The van der Waals surface area contributed by atoms with Crippen LogP contribution in [0.25, 0.3) is 0 Å². The molecule has 0 bridgehead atoms. The van der Waals surface area contributed by atoms with Crippen LogP contribution in [0.3, 0.4) is 0 Å². The lowest BCUT2D eigenvalue weighted by atomic mass is 10.2. The lowest BCUT2D eigenvalue weighted by Crippen LogP contribution is -2.34. The van der Waals surface area contributed by atoms with Crippen LogP contribution in [0, 0.1) is 0 Å². The van der Waals surface area contributed by atoms with Crippen molar-refractivity contribution in [3.63, 3.8) is 0 Å². The van der Waals surface area contributed by atoms with Gasteiger partial charge >= 0.3 is 0 Å². The number of hydrogen-bond donors (Lipinski definition) is 2. The first kappa shape index (κ1) is 26.9. The number of carbonyl (C=O) groups is 3. The lowest BCUT2D eigenvalue weighted by molar-refractivity contribution is -0.158. The second-order valence-corrected chi connectivity index (χ2v) is 7.99. The number of rotatable bonds is 16. The van der Waals surface area contributed by atoms with E-state index in [1.54, 1.807) is 11.2 Å². The Kier molecular flexibility index (Phi) is 14.4. The summed E-state index contributed by atoms with van der Waals surface area (Å²) >= 11 is 1.53. The molecule has 1 rings (SSSR count). The molecule has 1 atom stereocenters. The Balaban J connectivity index is 2.15. The predicted octanol–water partition coefficient (Wildman–Crippen LogP) is 2.49. The van der Waals surface area contributed by atoms with Crippen LogP contribution in [0.4, 0.5) is 0 Å². The van der Waals surface area contributed by atoms with Gasteiger partial charge in [0.15, 0.2) is 6.29 Å². The van der Waals surface area contributed by atoms with Crippen LogP contribution in [-0.2, 0) is 30.4 Å². The number of nitrogens with zero attached hydrogens (tertiary/aromatic N) is 1. The minimum absolute atomic E-state index is 0.0136. The monoisotopic (exact) mass is 453 g/mol. The number of amides is 3. The largest absolute Gasteiger partial charge is 0.354 e. The fourth-order valence-electron chi connectivity index (χ4n) is 2.43. The number of nitrogens with one attached hydrogen (secondary N) is 2. The molecular weight excluding hydrogens is 418 g/mol. The van der Waals surface area contributed by atoms with Crippen molar-refractivity contribution in [2.75, 3.05) is 32.1 Å². The molecule has 0 heterocycles. The van der Waals surface area contributed by atoms with Crippen molar-refractivity contribution in [1.82, 2.24) is 14.9 Å². The highest BCUT2D eigenvalue weighted by atomic mass is 32.2. The first-order valence-electron chi connectivity index (χ1n) is 10.7. The molecule has 1 aromatic rings. The summed E-state index contributed by atoms with van der Waals surface area (Å²) in [5, 5.41) is 5.42. The van der Waals surface area contributed by atoms with E-state index in [1.807, 2.05) is 37.3 Å². The Bertz CT molecular complexity index is 660. The van der Waals surface area contributed by atoms with Crippen LogP contribution in [0.2, 0.25) is 0 Å². The van der Waals surface area contributed by atoms with Gasteiger partial charge in [-0.1, -0.05) is 44.2 Å². The number of ether oxygens (including phenoxy) is 2. The molecule has 3 amide bonds. The van der Waals surface area contributed by atoms with Crippen molar-refractivity contribution < 1.29 is 23.9 Å². The molecule has 0 aliphatic carbocycles. The van der Waals surface area contributed by atoms with E-state index in [0.717, 1.165) is 24.2 Å². The minimum atomic E-state index is -0.708. The van der Waals surface area contributed by atoms with Gasteiger partial charge in [0.25, 0.3) is 0 Å². The van der Waals surface area contributed by atoms with Gasteiger partial charge in [0.1, 0.15) is 13.2 Å². The Morgan fingerprint density at radius 2 is 1.65 bits per heavy atom. The van der Waals surface area contributed by atoms with E-state index in [9.17, 15) is 14.4 Å². The maximum Gasteiger partial charge on any atom is 0.246 e. The van der Waals surface area contributed by atoms with Crippen LogP contribution in [0.1, 0.15) is 45.6 Å². The fourth-order valence-corrected chi connectivity index (χ4v) is 3.38. The van der Waals surface area contributed by atoms with Crippen molar-refractivity contribution in [3.05, 3.63) is 35.9 Å². The molecule has 31 heavy (non-hydrogen) atoms. The zero-order valence-electron chi connectivity index (χ0n) is 18.7. The molecule has 0 aliphatic heterocycles. The van der Waals surface area contributed by atoms with Gasteiger partial charge in [0.05, 0.1) is 0 Å². The molecule has 0 spiro atoms. The van der Waals surface area contributed by atoms with Gasteiger partial charge in [-0.15, -0.1) is 0 Å². The zero-order valence-corrected chi connectivity index (χ0v) is 19.5. The Hall–Kier alpha value is -2.10.